The third-order valence-electron chi connectivity index (χ3n) is 4.00. The Balaban J connectivity index is 1.87. The van der Waals surface area contributed by atoms with Crippen LogP contribution in [0.15, 0.2) is 30.3 Å². The third kappa shape index (κ3) is 5.70. The minimum Gasteiger partial charge on any atom is -0.287 e. The van der Waals surface area contributed by atoms with Gasteiger partial charge in [0.1, 0.15) is 10.7 Å². The zero-order valence-electron chi connectivity index (χ0n) is 14.6. The molecule has 26 heavy (non-hydrogen) atoms. The van der Waals surface area contributed by atoms with Gasteiger partial charge in [-0.25, -0.2) is 8.42 Å². The molecule has 0 radical (unpaired) electrons. The lowest BCUT2D eigenvalue weighted by Gasteiger charge is -2.32. The number of nitrogens with zero attached hydrogens (tertiary/aromatic N) is 2. The van der Waals surface area contributed by atoms with Gasteiger partial charge in [-0.3, -0.25) is 20.2 Å². The summed E-state index contributed by atoms with van der Waals surface area (Å²) in [6.45, 7) is 0. The molecule has 1 saturated carbocycles. The minimum absolute atomic E-state index is 0.277. The number of carbonyl (C=O) groups is 1. The Morgan fingerprint density at radius 2 is 1.77 bits per heavy atom. The molecule has 0 aliphatic heterocycles. The summed E-state index contributed by atoms with van der Waals surface area (Å²) in [6, 6.07) is 8.99. The van der Waals surface area contributed by atoms with Crippen LogP contribution < -0.4 is 10.3 Å². The van der Waals surface area contributed by atoms with Crippen molar-refractivity contribution in [3.8, 4) is 0 Å². The molecule has 0 heterocycles. The number of thiocarbonyl (C=S) groups is 2. The van der Waals surface area contributed by atoms with Gasteiger partial charge in [0.05, 0.1) is 4.99 Å². The Hall–Kier alpha value is -1.62. The number of hydrogen-bond acceptors (Lipinski definition) is 5. The van der Waals surface area contributed by atoms with E-state index in [0.29, 0.717) is 15.5 Å². The van der Waals surface area contributed by atoms with Crippen LogP contribution in [0, 0.1) is 5.92 Å². The Morgan fingerprint density at radius 1 is 1.15 bits per heavy atom. The zero-order chi connectivity index (χ0) is 19.3. The molecule has 1 aromatic carbocycles. The summed E-state index contributed by atoms with van der Waals surface area (Å²) in [5.41, 5.74) is 3.20. The lowest BCUT2D eigenvalue weighted by atomic mass is 9.85. The van der Waals surface area contributed by atoms with E-state index in [2.05, 4.69) is 10.3 Å². The highest BCUT2D eigenvalue weighted by molar-refractivity contribution is 7.90. The van der Waals surface area contributed by atoms with Crippen LogP contribution in [0.1, 0.15) is 24.8 Å². The van der Waals surface area contributed by atoms with Gasteiger partial charge >= 0.3 is 0 Å². The Kier molecular flexibility index (Phi) is 7.04. The molecule has 2 N–H and O–H groups in total. The lowest BCUT2D eigenvalue weighted by Crippen LogP contribution is -2.51. The second-order valence-corrected chi connectivity index (χ2v) is 8.65. The molecular formula is C16H22N4O3S3. The SMILES string of the molecule is CN(NS(=O)(=O)CC(=O)NN(C)C(=S)C1CCC1)C(=S)c1ccccc1. The van der Waals surface area contributed by atoms with E-state index in [4.69, 9.17) is 24.4 Å². The first-order chi connectivity index (χ1) is 12.2. The summed E-state index contributed by atoms with van der Waals surface area (Å²) in [7, 11) is -0.801. The van der Waals surface area contributed by atoms with Crippen molar-refractivity contribution in [2.24, 2.45) is 5.92 Å². The molecule has 1 fully saturated rings. The number of nitrogens with one attached hydrogen (secondary N) is 2. The summed E-state index contributed by atoms with van der Waals surface area (Å²) in [5.74, 6) is -1.12. The van der Waals surface area contributed by atoms with E-state index in [1.807, 2.05) is 6.07 Å². The van der Waals surface area contributed by atoms with Crippen molar-refractivity contribution in [3.63, 3.8) is 0 Å². The predicted octanol–water partition coefficient (Wildman–Crippen LogP) is 1.22. The highest BCUT2D eigenvalue weighted by Crippen LogP contribution is 2.28. The molecule has 1 aliphatic carbocycles. The summed E-state index contributed by atoms with van der Waals surface area (Å²) in [6.07, 6.45) is 3.12. The molecule has 0 spiro atoms. The Labute approximate surface area is 164 Å². The minimum atomic E-state index is -3.91. The fourth-order valence-corrected chi connectivity index (χ4v) is 3.94. The van der Waals surface area contributed by atoms with Crippen LogP contribution in [0.25, 0.3) is 0 Å². The summed E-state index contributed by atoms with van der Waals surface area (Å²) < 4.78 is 24.4. The topological polar surface area (TPSA) is 81.8 Å². The standard InChI is InChI=1S/C16H22N4O3S3/c1-19(15(24)13-9-6-10-13)17-14(21)11-26(22,23)18-20(2)16(25)12-7-4-3-5-8-12/h3-5,7-8,13,18H,6,9-11H2,1-2H3,(H,17,21). The normalized spacial score (nSPS) is 14.2. The average Bonchev–Trinajstić information content (AvgIpc) is 2.51. The van der Waals surface area contributed by atoms with Gasteiger partial charge < -0.3 is 0 Å². The van der Waals surface area contributed by atoms with E-state index in [9.17, 15) is 13.2 Å². The molecule has 2 rings (SSSR count). The quantitative estimate of drug-likeness (QED) is 0.535. The molecule has 1 aliphatic rings. The van der Waals surface area contributed by atoms with E-state index in [1.54, 1.807) is 31.3 Å². The fraction of sp³-hybridized carbons (Fsp3) is 0.438. The highest BCUT2D eigenvalue weighted by Gasteiger charge is 2.26. The molecule has 1 amide bonds. The van der Waals surface area contributed by atoms with Crippen LogP contribution in [0.3, 0.4) is 0 Å². The largest absolute Gasteiger partial charge is 0.287 e. The van der Waals surface area contributed by atoms with E-state index in [-0.39, 0.29) is 5.92 Å². The van der Waals surface area contributed by atoms with Crippen molar-refractivity contribution in [2.75, 3.05) is 19.8 Å². The molecule has 0 unspecified atom stereocenters. The van der Waals surface area contributed by atoms with E-state index >= 15 is 0 Å². The fourth-order valence-electron chi connectivity index (χ4n) is 2.43. The second kappa shape index (κ2) is 8.85. The monoisotopic (exact) mass is 414 g/mol. The molecule has 0 aromatic heterocycles. The van der Waals surface area contributed by atoms with Crippen LogP contribution in [-0.2, 0) is 14.8 Å². The van der Waals surface area contributed by atoms with Gasteiger partial charge in [0.2, 0.25) is 10.0 Å². The number of amides is 1. The molecule has 142 valence electrons. The van der Waals surface area contributed by atoms with Gasteiger partial charge in [-0.1, -0.05) is 61.2 Å². The Morgan fingerprint density at radius 3 is 2.31 bits per heavy atom. The van der Waals surface area contributed by atoms with E-state index in [1.165, 1.54) is 17.1 Å². The van der Waals surface area contributed by atoms with Crippen molar-refractivity contribution in [3.05, 3.63) is 35.9 Å². The number of carbonyl (C=O) groups excluding carboxylic acids is 1. The maximum Gasteiger partial charge on any atom is 0.255 e. The molecule has 10 heteroatoms. The Bertz CT molecular complexity index is 779. The molecule has 0 atom stereocenters. The van der Waals surface area contributed by atoms with Crippen molar-refractivity contribution in [1.29, 1.82) is 0 Å². The molecular weight excluding hydrogens is 392 g/mol. The first kappa shape index (κ1) is 20.7. The first-order valence-electron chi connectivity index (χ1n) is 8.10. The second-order valence-electron chi connectivity index (χ2n) is 6.14. The van der Waals surface area contributed by atoms with Crippen molar-refractivity contribution < 1.29 is 13.2 Å². The van der Waals surface area contributed by atoms with Gasteiger partial charge in [0.25, 0.3) is 5.91 Å². The number of benzene rings is 1. The number of hydrogen-bond donors (Lipinski definition) is 2. The maximum absolute atomic E-state index is 12.2. The zero-order valence-corrected chi connectivity index (χ0v) is 17.1. The van der Waals surface area contributed by atoms with Gasteiger partial charge in [0.15, 0.2) is 0 Å². The van der Waals surface area contributed by atoms with Crippen molar-refractivity contribution in [2.45, 2.75) is 19.3 Å². The van der Waals surface area contributed by atoms with E-state index < -0.39 is 21.7 Å². The third-order valence-corrected chi connectivity index (χ3v) is 6.31. The highest BCUT2D eigenvalue weighted by atomic mass is 32.2. The summed E-state index contributed by atoms with van der Waals surface area (Å²) in [4.78, 5) is 15.3. The number of rotatable bonds is 6. The van der Waals surface area contributed by atoms with Crippen LogP contribution in [0.4, 0.5) is 0 Å². The lowest BCUT2D eigenvalue weighted by molar-refractivity contribution is -0.121. The van der Waals surface area contributed by atoms with Crippen molar-refractivity contribution >= 4 is 50.3 Å². The van der Waals surface area contributed by atoms with Crippen LogP contribution >= 0.6 is 24.4 Å². The van der Waals surface area contributed by atoms with E-state index in [0.717, 1.165) is 19.3 Å². The number of hydrazine groups is 2. The number of sulfonamides is 1. The predicted molar refractivity (Wildman–Crippen MR) is 109 cm³/mol. The van der Waals surface area contributed by atoms with Gasteiger partial charge in [-0.05, 0) is 12.8 Å². The van der Waals surface area contributed by atoms with Crippen molar-refractivity contribution in [1.82, 2.24) is 20.3 Å². The smallest absolute Gasteiger partial charge is 0.255 e. The molecule has 0 saturated heterocycles. The summed E-state index contributed by atoms with van der Waals surface area (Å²) >= 11 is 10.5. The summed E-state index contributed by atoms with van der Waals surface area (Å²) in [5, 5.41) is 2.63. The van der Waals surface area contributed by atoms with Gasteiger partial charge in [-0.15, -0.1) is 4.83 Å². The molecule has 1 aromatic rings. The first-order valence-corrected chi connectivity index (χ1v) is 10.6. The van der Waals surface area contributed by atoms with Crippen LogP contribution in [0.2, 0.25) is 0 Å². The maximum atomic E-state index is 12.2. The van der Waals surface area contributed by atoms with Gasteiger partial charge in [-0.2, -0.15) is 0 Å². The van der Waals surface area contributed by atoms with Crippen LogP contribution in [0.5, 0.6) is 0 Å². The van der Waals surface area contributed by atoms with Gasteiger partial charge in [0, 0.05) is 25.6 Å². The average molecular weight is 415 g/mol. The molecule has 0 bridgehead atoms. The van der Waals surface area contributed by atoms with Crippen LogP contribution in [-0.4, -0.2) is 54.2 Å². The molecule has 7 nitrogen and oxygen atoms in total.